The van der Waals surface area contributed by atoms with Gasteiger partial charge in [0.05, 0.1) is 0 Å². The summed E-state index contributed by atoms with van der Waals surface area (Å²) >= 11 is 0. The molecule has 0 fully saturated rings. The third kappa shape index (κ3) is 4.63. The molecule has 0 saturated carbocycles. The van der Waals surface area contributed by atoms with E-state index in [1.165, 1.54) is 31.2 Å². The molecule has 81 valence electrons. The first-order valence-corrected chi connectivity index (χ1v) is 5.59. The molecule has 15 heavy (non-hydrogen) atoms. The lowest BCUT2D eigenvalue weighted by atomic mass is 10.1. The number of nitrogens with one attached hydrogen (secondary N) is 1. The van der Waals surface area contributed by atoms with Crippen molar-refractivity contribution in [2.24, 2.45) is 0 Å². The second-order valence-electron chi connectivity index (χ2n) is 3.73. The van der Waals surface area contributed by atoms with Crippen molar-refractivity contribution in [1.82, 2.24) is 0 Å². The maximum atomic E-state index is 10.1. The summed E-state index contributed by atoms with van der Waals surface area (Å²) in [6, 6.07) is 7.96. The van der Waals surface area contributed by atoms with Gasteiger partial charge in [-0.1, -0.05) is 38.3 Å². The first-order valence-electron chi connectivity index (χ1n) is 5.59. The topological polar surface area (TPSA) is 29.1 Å². The Morgan fingerprint density at radius 2 is 1.87 bits per heavy atom. The largest absolute Gasteiger partial charge is 0.318 e. The van der Waals surface area contributed by atoms with Crippen LogP contribution >= 0.6 is 0 Å². The van der Waals surface area contributed by atoms with Gasteiger partial charge in [0, 0.05) is 5.69 Å². The molecule has 0 aliphatic heterocycles. The maximum absolute atomic E-state index is 10.1. The molecule has 0 saturated heterocycles. The van der Waals surface area contributed by atoms with Crippen LogP contribution in [0.3, 0.4) is 0 Å². The highest BCUT2D eigenvalue weighted by atomic mass is 16.1. The number of hydrogen-bond acceptors (Lipinski definition) is 1. The minimum atomic E-state index is 0.808. The number of carbonyl (C=O) groups excluding carboxylic acids is 1. The van der Waals surface area contributed by atoms with Crippen molar-refractivity contribution >= 4 is 12.1 Å². The number of hydrogen-bond donors (Lipinski definition) is 1. The molecule has 0 heterocycles. The fourth-order valence-electron chi connectivity index (χ4n) is 1.57. The minimum Gasteiger partial charge on any atom is -0.318 e. The molecular weight excluding hydrogens is 186 g/mol. The van der Waals surface area contributed by atoms with Gasteiger partial charge >= 0.3 is 6.41 Å². The second-order valence-corrected chi connectivity index (χ2v) is 3.73. The van der Waals surface area contributed by atoms with E-state index in [2.05, 4.69) is 24.4 Å². The summed E-state index contributed by atoms with van der Waals surface area (Å²) in [6.45, 7) is 2.22. The molecular formula is C13H18NO. The average Bonchev–Trinajstić information content (AvgIpc) is 2.27. The van der Waals surface area contributed by atoms with E-state index < -0.39 is 0 Å². The maximum Gasteiger partial charge on any atom is 0.314 e. The third-order valence-corrected chi connectivity index (χ3v) is 2.47. The highest BCUT2D eigenvalue weighted by molar-refractivity contribution is 5.71. The molecule has 1 aromatic carbocycles. The van der Waals surface area contributed by atoms with Gasteiger partial charge in [0.1, 0.15) is 0 Å². The van der Waals surface area contributed by atoms with Crippen LogP contribution in [0.5, 0.6) is 0 Å². The SMILES string of the molecule is CCCCCCc1ccc(N[C]=O)cc1. The number of aryl methyl sites for hydroxylation is 1. The van der Waals surface area contributed by atoms with Crippen LogP contribution in [0, 0.1) is 0 Å². The number of rotatable bonds is 7. The van der Waals surface area contributed by atoms with Gasteiger partial charge in [-0.05, 0) is 30.5 Å². The fraction of sp³-hybridized carbons (Fsp3) is 0.462. The van der Waals surface area contributed by atoms with E-state index in [0.717, 1.165) is 12.1 Å². The smallest absolute Gasteiger partial charge is 0.314 e. The summed E-state index contributed by atoms with van der Waals surface area (Å²) < 4.78 is 0. The van der Waals surface area contributed by atoms with Gasteiger partial charge in [-0.15, -0.1) is 0 Å². The van der Waals surface area contributed by atoms with E-state index >= 15 is 0 Å². The molecule has 1 radical (unpaired) electrons. The molecule has 0 aromatic heterocycles. The lowest BCUT2D eigenvalue weighted by Crippen LogP contribution is -1.93. The molecule has 0 bridgehead atoms. The molecule has 1 aromatic rings. The van der Waals surface area contributed by atoms with Gasteiger partial charge in [-0.25, -0.2) is 0 Å². The second kappa shape index (κ2) is 7.04. The number of anilines is 1. The van der Waals surface area contributed by atoms with Gasteiger partial charge in [-0.2, -0.15) is 0 Å². The zero-order valence-electron chi connectivity index (χ0n) is 9.25. The predicted octanol–water partition coefficient (Wildman–Crippen LogP) is 3.29. The zero-order chi connectivity index (χ0) is 10.9. The fourth-order valence-corrected chi connectivity index (χ4v) is 1.57. The van der Waals surface area contributed by atoms with Gasteiger partial charge in [0.25, 0.3) is 0 Å². The van der Waals surface area contributed by atoms with E-state index in [9.17, 15) is 4.79 Å². The minimum absolute atomic E-state index is 0.808. The van der Waals surface area contributed by atoms with Crippen LogP contribution in [0.25, 0.3) is 0 Å². The summed E-state index contributed by atoms with van der Waals surface area (Å²) in [6.07, 6.45) is 7.94. The number of benzene rings is 1. The average molecular weight is 204 g/mol. The Bertz CT molecular complexity index is 279. The molecule has 0 unspecified atom stereocenters. The van der Waals surface area contributed by atoms with Crippen LogP contribution in [0.4, 0.5) is 5.69 Å². The van der Waals surface area contributed by atoms with E-state index in [4.69, 9.17) is 0 Å². The van der Waals surface area contributed by atoms with Crippen molar-refractivity contribution in [3.05, 3.63) is 29.8 Å². The molecule has 0 aliphatic rings. The molecule has 1 N–H and O–H groups in total. The Balaban J connectivity index is 2.32. The number of amides is 1. The van der Waals surface area contributed by atoms with E-state index in [1.54, 1.807) is 6.41 Å². The first kappa shape index (κ1) is 11.8. The van der Waals surface area contributed by atoms with E-state index in [1.807, 2.05) is 12.1 Å². The normalized spacial score (nSPS) is 9.93. The summed E-state index contributed by atoms with van der Waals surface area (Å²) in [5.41, 5.74) is 2.14. The van der Waals surface area contributed by atoms with Gasteiger partial charge < -0.3 is 5.32 Å². The van der Waals surface area contributed by atoms with Crippen molar-refractivity contribution in [3.8, 4) is 0 Å². The van der Waals surface area contributed by atoms with E-state index in [0.29, 0.717) is 0 Å². The molecule has 0 spiro atoms. The molecule has 1 rings (SSSR count). The first-order chi connectivity index (χ1) is 7.36. The van der Waals surface area contributed by atoms with Crippen LogP contribution in [-0.2, 0) is 11.2 Å². The van der Waals surface area contributed by atoms with Gasteiger partial charge in [-0.3, -0.25) is 4.79 Å². The van der Waals surface area contributed by atoms with Crippen LogP contribution < -0.4 is 5.32 Å². The van der Waals surface area contributed by atoms with Crippen LogP contribution in [0.2, 0.25) is 0 Å². The van der Waals surface area contributed by atoms with Crippen molar-refractivity contribution in [1.29, 1.82) is 0 Å². The molecule has 2 heteroatoms. The summed E-state index contributed by atoms with van der Waals surface area (Å²) in [5, 5.41) is 2.51. The zero-order valence-corrected chi connectivity index (χ0v) is 9.25. The van der Waals surface area contributed by atoms with E-state index in [-0.39, 0.29) is 0 Å². The van der Waals surface area contributed by atoms with Gasteiger partial charge in [0.15, 0.2) is 0 Å². The molecule has 0 atom stereocenters. The molecule has 0 aliphatic carbocycles. The predicted molar refractivity (Wildman–Crippen MR) is 63.6 cm³/mol. The lowest BCUT2D eigenvalue weighted by Gasteiger charge is -2.02. The molecule has 2 nitrogen and oxygen atoms in total. The quantitative estimate of drug-likeness (QED) is 0.536. The van der Waals surface area contributed by atoms with Crippen LogP contribution in [-0.4, -0.2) is 6.41 Å². The standard InChI is InChI=1S/C13H18NO/c1-2-3-4-5-6-12-7-9-13(10-8-12)14-11-15/h7-10H,2-6H2,1H3,(H,14,15). The molecule has 1 amide bonds. The van der Waals surface area contributed by atoms with Crippen molar-refractivity contribution < 1.29 is 4.79 Å². The van der Waals surface area contributed by atoms with Crippen molar-refractivity contribution in [2.45, 2.75) is 39.0 Å². The lowest BCUT2D eigenvalue weighted by molar-refractivity contribution is 0.561. The summed E-state index contributed by atoms with van der Waals surface area (Å²) in [4.78, 5) is 10.1. The Labute approximate surface area is 91.7 Å². The van der Waals surface area contributed by atoms with Crippen molar-refractivity contribution in [2.75, 3.05) is 5.32 Å². The highest BCUT2D eigenvalue weighted by Gasteiger charge is 1.94. The van der Waals surface area contributed by atoms with Crippen molar-refractivity contribution in [3.63, 3.8) is 0 Å². The Morgan fingerprint density at radius 1 is 1.13 bits per heavy atom. The Hall–Kier alpha value is -1.31. The Morgan fingerprint density at radius 3 is 2.47 bits per heavy atom. The summed E-state index contributed by atoms with van der Waals surface area (Å²) in [7, 11) is 0. The van der Waals surface area contributed by atoms with Gasteiger partial charge in [0.2, 0.25) is 0 Å². The number of unbranched alkanes of at least 4 members (excludes halogenated alkanes) is 3. The summed E-state index contributed by atoms with van der Waals surface area (Å²) in [5.74, 6) is 0. The van der Waals surface area contributed by atoms with Crippen LogP contribution in [0.1, 0.15) is 38.2 Å². The monoisotopic (exact) mass is 204 g/mol. The third-order valence-electron chi connectivity index (χ3n) is 2.47. The highest BCUT2D eigenvalue weighted by Crippen LogP contribution is 2.12. The Kier molecular flexibility index (Phi) is 5.52. The van der Waals surface area contributed by atoms with Crippen LogP contribution in [0.15, 0.2) is 24.3 Å².